The molecular formula is C15H12BrN3OS. The fourth-order valence-corrected chi connectivity index (χ4v) is 3.20. The summed E-state index contributed by atoms with van der Waals surface area (Å²) >= 11 is 4.88. The molecule has 3 aromatic rings. The van der Waals surface area contributed by atoms with Gasteiger partial charge in [0.15, 0.2) is 0 Å². The van der Waals surface area contributed by atoms with Crippen LogP contribution in [0.25, 0.3) is 10.2 Å². The van der Waals surface area contributed by atoms with E-state index in [1.165, 1.54) is 11.3 Å². The van der Waals surface area contributed by atoms with E-state index in [-0.39, 0.29) is 5.91 Å². The number of amides is 1. The van der Waals surface area contributed by atoms with Gasteiger partial charge in [-0.15, -0.1) is 5.10 Å². The Morgan fingerprint density at radius 1 is 1.19 bits per heavy atom. The lowest BCUT2D eigenvalue weighted by molar-refractivity contribution is 0.0953. The van der Waals surface area contributed by atoms with Gasteiger partial charge in [-0.2, -0.15) is 0 Å². The van der Waals surface area contributed by atoms with E-state index in [0.717, 1.165) is 19.5 Å². The monoisotopic (exact) mass is 361 g/mol. The van der Waals surface area contributed by atoms with Gasteiger partial charge in [-0.3, -0.25) is 4.79 Å². The van der Waals surface area contributed by atoms with Crippen LogP contribution in [-0.2, 0) is 7.05 Å². The quantitative estimate of drug-likeness (QED) is 0.699. The molecule has 0 radical (unpaired) electrons. The maximum atomic E-state index is 12.0. The summed E-state index contributed by atoms with van der Waals surface area (Å²) in [5.41, 5.74) is 4.27. The average molecular weight is 362 g/mol. The molecule has 0 aliphatic heterocycles. The van der Waals surface area contributed by atoms with Crippen molar-refractivity contribution in [2.24, 2.45) is 12.1 Å². The second kappa shape index (κ2) is 5.83. The van der Waals surface area contributed by atoms with Gasteiger partial charge < -0.3 is 4.57 Å². The zero-order chi connectivity index (χ0) is 14.8. The van der Waals surface area contributed by atoms with Crippen molar-refractivity contribution in [2.75, 3.05) is 0 Å². The first-order valence-corrected chi connectivity index (χ1v) is 7.90. The Labute approximate surface area is 133 Å². The molecular weight excluding hydrogens is 350 g/mol. The second-order valence-corrected chi connectivity index (χ2v) is 6.40. The SMILES string of the molecule is Cn1/c(=N\NC(=O)c2ccc(Br)cc2)sc2ccccc21. The number of aromatic nitrogens is 1. The first kappa shape index (κ1) is 14.0. The number of carbonyl (C=O) groups is 1. The van der Waals surface area contributed by atoms with Crippen molar-refractivity contribution in [3.8, 4) is 0 Å². The molecule has 0 saturated heterocycles. The maximum absolute atomic E-state index is 12.0. The van der Waals surface area contributed by atoms with Gasteiger partial charge in [-0.25, -0.2) is 5.43 Å². The summed E-state index contributed by atoms with van der Waals surface area (Å²) in [7, 11) is 1.93. The van der Waals surface area contributed by atoms with E-state index >= 15 is 0 Å². The van der Waals surface area contributed by atoms with Crippen molar-refractivity contribution in [3.63, 3.8) is 0 Å². The molecule has 0 fully saturated rings. The molecule has 0 unspecified atom stereocenters. The highest BCUT2D eigenvalue weighted by Crippen LogP contribution is 2.15. The van der Waals surface area contributed by atoms with Crippen LogP contribution in [0, 0.1) is 0 Å². The maximum Gasteiger partial charge on any atom is 0.271 e. The average Bonchev–Trinajstić information content (AvgIpc) is 2.82. The predicted molar refractivity (Wildman–Crippen MR) is 88.0 cm³/mol. The molecule has 0 atom stereocenters. The number of rotatable bonds is 2. The van der Waals surface area contributed by atoms with E-state index in [4.69, 9.17) is 0 Å². The highest BCUT2D eigenvalue weighted by atomic mass is 79.9. The lowest BCUT2D eigenvalue weighted by atomic mass is 10.2. The Balaban J connectivity index is 1.89. The minimum Gasteiger partial charge on any atom is -0.318 e. The molecule has 0 spiro atoms. The largest absolute Gasteiger partial charge is 0.318 e. The van der Waals surface area contributed by atoms with E-state index in [9.17, 15) is 4.79 Å². The highest BCUT2D eigenvalue weighted by Gasteiger charge is 2.05. The third-order valence-corrected chi connectivity index (χ3v) is 4.72. The lowest BCUT2D eigenvalue weighted by Gasteiger charge is -1.99. The van der Waals surface area contributed by atoms with Gasteiger partial charge in [0.1, 0.15) is 0 Å². The molecule has 3 rings (SSSR count). The second-order valence-electron chi connectivity index (χ2n) is 4.47. The van der Waals surface area contributed by atoms with Crippen LogP contribution in [0.2, 0.25) is 0 Å². The van der Waals surface area contributed by atoms with E-state index in [0.29, 0.717) is 5.56 Å². The Kier molecular flexibility index (Phi) is 3.90. The fourth-order valence-electron chi connectivity index (χ4n) is 1.95. The number of thiazole rings is 1. The Hall–Kier alpha value is -1.92. The number of nitrogens with zero attached hydrogens (tertiary/aromatic N) is 2. The third kappa shape index (κ3) is 2.91. The number of hydrogen-bond donors (Lipinski definition) is 1. The van der Waals surface area contributed by atoms with E-state index in [2.05, 4.69) is 26.5 Å². The number of halogens is 1. The van der Waals surface area contributed by atoms with Crippen LogP contribution >= 0.6 is 27.3 Å². The minimum absolute atomic E-state index is 0.222. The molecule has 0 bridgehead atoms. The summed E-state index contributed by atoms with van der Waals surface area (Å²) in [6.07, 6.45) is 0. The van der Waals surface area contributed by atoms with Gasteiger partial charge in [-0.05, 0) is 36.4 Å². The fraction of sp³-hybridized carbons (Fsp3) is 0.0667. The third-order valence-electron chi connectivity index (χ3n) is 3.07. The standard InChI is InChI=1S/C15H12BrN3OS/c1-19-12-4-2-3-5-13(12)21-15(19)18-17-14(20)10-6-8-11(16)9-7-10/h2-9H,1H3,(H,17,20)/b18-15+. The number of nitrogens with one attached hydrogen (secondary N) is 1. The predicted octanol–water partition coefficient (Wildman–Crippen LogP) is 3.25. The molecule has 2 aromatic carbocycles. The van der Waals surface area contributed by atoms with Crippen molar-refractivity contribution in [2.45, 2.75) is 0 Å². The number of benzene rings is 2. The van der Waals surface area contributed by atoms with E-state index in [1.54, 1.807) is 12.1 Å². The van der Waals surface area contributed by atoms with Crippen molar-refractivity contribution in [3.05, 3.63) is 63.4 Å². The molecule has 1 amide bonds. The van der Waals surface area contributed by atoms with Gasteiger partial charge in [0.2, 0.25) is 4.80 Å². The van der Waals surface area contributed by atoms with Gasteiger partial charge in [0, 0.05) is 17.1 Å². The van der Waals surface area contributed by atoms with Crippen LogP contribution in [0.3, 0.4) is 0 Å². The molecule has 1 heterocycles. The summed E-state index contributed by atoms with van der Waals surface area (Å²) < 4.78 is 4.03. The summed E-state index contributed by atoms with van der Waals surface area (Å²) in [5.74, 6) is -0.222. The van der Waals surface area contributed by atoms with Crippen LogP contribution in [0.4, 0.5) is 0 Å². The van der Waals surface area contributed by atoms with Gasteiger partial charge in [0.05, 0.1) is 10.2 Å². The zero-order valence-corrected chi connectivity index (χ0v) is 13.6. The Morgan fingerprint density at radius 2 is 1.90 bits per heavy atom. The molecule has 1 aromatic heterocycles. The topological polar surface area (TPSA) is 46.4 Å². The van der Waals surface area contributed by atoms with Gasteiger partial charge in [0.25, 0.3) is 5.91 Å². The summed E-state index contributed by atoms with van der Waals surface area (Å²) in [4.78, 5) is 12.8. The van der Waals surface area contributed by atoms with Crippen molar-refractivity contribution in [1.29, 1.82) is 0 Å². The molecule has 0 saturated carbocycles. The van der Waals surface area contributed by atoms with Gasteiger partial charge >= 0.3 is 0 Å². The number of fused-ring (bicyclic) bond motifs is 1. The van der Waals surface area contributed by atoms with Crippen LogP contribution < -0.4 is 10.2 Å². The van der Waals surface area contributed by atoms with Crippen LogP contribution in [-0.4, -0.2) is 10.5 Å². The lowest BCUT2D eigenvalue weighted by Crippen LogP contribution is -2.23. The molecule has 4 nitrogen and oxygen atoms in total. The first-order valence-electron chi connectivity index (χ1n) is 6.29. The minimum atomic E-state index is -0.222. The summed E-state index contributed by atoms with van der Waals surface area (Å²) in [5, 5.41) is 4.21. The molecule has 106 valence electrons. The molecule has 1 N–H and O–H groups in total. The number of para-hydroxylation sites is 1. The van der Waals surface area contributed by atoms with Crippen molar-refractivity contribution >= 4 is 43.4 Å². The number of hydrogen-bond acceptors (Lipinski definition) is 3. The van der Waals surface area contributed by atoms with E-state index in [1.807, 2.05) is 48.0 Å². The normalized spacial score (nSPS) is 11.8. The molecule has 21 heavy (non-hydrogen) atoms. The first-order chi connectivity index (χ1) is 10.1. The smallest absolute Gasteiger partial charge is 0.271 e. The molecule has 0 aliphatic carbocycles. The van der Waals surface area contributed by atoms with Crippen LogP contribution in [0.1, 0.15) is 10.4 Å². The van der Waals surface area contributed by atoms with Crippen LogP contribution in [0.5, 0.6) is 0 Å². The van der Waals surface area contributed by atoms with Crippen molar-refractivity contribution in [1.82, 2.24) is 9.99 Å². The zero-order valence-electron chi connectivity index (χ0n) is 11.2. The summed E-state index contributed by atoms with van der Waals surface area (Å²) in [6.45, 7) is 0. The highest BCUT2D eigenvalue weighted by molar-refractivity contribution is 9.10. The van der Waals surface area contributed by atoms with Crippen LogP contribution in [0.15, 0.2) is 58.1 Å². The Bertz CT molecular complexity index is 865. The number of aryl methyl sites for hydroxylation is 1. The summed E-state index contributed by atoms with van der Waals surface area (Å²) in [6, 6.07) is 15.2. The Morgan fingerprint density at radius 3 is 2.62 bits per heavy atom. The molecule has 0 aliphatic rings. The van der Waals surface area contributed by atoms with Crippen molar-refractivity contribution < 1.29 is 4.79 Å². The molecule has 6 heteroatoms. The van der Waals surface area contributed by atoms with E-state index < -0.39 is 0 Å². The number of carbonyl (C=O) groups excluding carboxylic acids is 1. The van der Waals surface area contributed by atoms with Gasteiger partial charge in [-0.1, -0.05) is 39.4 Å².